The second-order valence-electron chi connectivity index (χ2n) is 9.50. The summed E-state index contributed by atoms with van der Waals surface area (Å²) in [6.45, 7) is 1.78. The molecular weight excluding hydrogens is 593 g/mol. The molecule has 5 aromatic rings. The maximum Gasteiger partial charge on any atom is 0.271 e. The number of hydrogen-bond donors (Lipinski definition) is 1. The Balaban J connectivity index is 1.46. The Morgan fingerprint density at radius 1 is 1.05 bits per heavy atom. The molecule has 3 aromatic carbocycles. The minimum Gasteiger partial charge on any atom is -0.497 e. The molecule has 1 atom stereocenters. The van der Waals surface area contributed by atoms with E-state index in [2.05, 4.69) is 5.32 Å². The summed E-state index contributed by atoms with van der Waals surface area (Å²) in [5.41, 5.74) is 2.62. The summed E-state index contributed by atoms with van der Waals surface area (Å²) < 4.78 is 13.4. The van der Waals surface area contributed by atoms with Crippen molar-refractivity contribution in [3.63, 3.8) is 0 Å². The van der Waals surface area contributed by atoms with Gasteiger partial charge in [-0.15, -0.1) is 0 Å². The molecule has 2 aromatic heterocycles. The van der Waals surface area contributed by atoms with E-state index in [1.165, 1.54) is 11.3 Å². The van der Waals surface area contributed by atoms with Crippen molar-refractivity contribution < 1.29 is 13.9 Å². The summed E-state index contributed by atoms with van der Waals surface area (Å²) in [6.07, 6.45) is 1.67. The van der Waals surface area contributed by atoms with Crippen LogP contribution in [0.2, 0.25) is 10.0 Å². The lowest BCUT2D eigenvalue weighted by Gasteiger charge is -2.25. The van der Waals surface area contributed by atoms with E-state index in [4.69, 9.17) is 37.3 Å². The number of ether oxygens (including phenoxy) is 1. The molecule has 3 heterocycles. The van der Waals surface area contributed by atoms with Gasteiger partial charge in [0.25, 0.3) is 11.5 Å². The zero-order valence-electron chi connectivity index (χ0n) is 22.4. The van der Waals surface area contributed by atoms with Gasteiger partial charge in [-0.1, -0.05) is 64.9 Å². The first kappa shape index (κ1) is 27.8. The molecule has 0 fully saturated rings. The van der Waals surface area contributed by atoms with Crippen LogP contribution < -0.4 is 24.9 Å². The predicted octanol–water partition coefficient (Wildman–Crippen LogP) is 6.45. The van der Waals surface area contributed by atoms with Crippen molar-refractivity contribution in [3.8, 4) is 17.1 Å². The summed E-state index contributed by atoms with van der Waals surface area (Å²) in [5, 5.41) is 3.93. The standard InChI is InChI=1S/C32H23Cl2N3O4S/c1-18-28(30(38)36-21-8-4-3-5-9-21)29(19-7-6-10-22(15-19)40-2)37-31(39)27(42-32(37)35-18)17-23-12-14-26(41-23)24-13-11-20(33)16-25(24)34/h3-17,29H,1-2H3,(H,36,38)/b27-17-. The van der Waals surface area contributed by atoms with E-state index in [-0.39, 0.29) is 11.5 Å². The number of anilines is 1. The zero-order chi connectivity index (χ0) is 29.4. The van der Waals surface area contributed by atoms with Gasteiger partial charge < -0.3 is 14.5 Å². The Hall–Kier alpha value is -4.37. The molecule has 1 aliphatic heterocycles. The first-order chi connectivity index (χ1) is 20.3. The number of carbonyl (C=O) groups excluding carboxylic acids is 1. The van der Waals surface area contributed by atoms with Gasteiger partial charge in [0.15, 0.2) is 4.80 Å². The van der Waals surface area contributed by atoms with Gasteiger partial charge in [0.1, 0.15) is 17.3 Å². The number of hydrogen-bond acceptors (Lipinski definition) is 6. The lowest BCUT2D eigenvalue weighted by Crippen LogP contribution is -2.40. The summed E-state index contributed by atoms with van der Waals surface area (Å²) in [4.78, 5) is 32.8. The Kier molecular flexibility index (Phi) is 7.60. The van der Waals surface area contributed by atoms with Crippen LogP contribution in [0.5, 0.6) is 5.75 Å². The van der Waals surface area contributed by atoms with Crippen LogP contribution >= 0.6 is 34.5 Å². The highest BCUT2D eigenvalue weighted by Gasteiger charge is 2.32. The Morgan fingerprint density at radius 2 is 1.86 bits per heavy atom. The van der Waals surface area contributed by atoms with E-state index in [0.29, 0.717) is 64.7 Å². The number of amides is 1. The normalized spacial score (nSPS) is 14.9. The average Bonchev–Trinajstić information content (AvgIpc) is 3.56. The maximum atomic E-state index is 14.0. The number of thiazole rings is 1. The SMILES string of the molecule is COc1cccc(C2C(C(=O)Nc3ccccc3)=C(C)N=c3s/c(=C\c4ccc(-c5ccc(Cl)cc5Cl)o4)c(=O)n32)c1. The number of para-hydroxylation sites is 1. The fourth-order valence-corrected chi connectivity index (χ4v) is 6.38. The summed E-state index contributed by atoms with van der Waals surface area (Å²) in [7, 11) is 1.57. The third-order valence-corrected chi connectivity index (χ3v) is 8.33. The zero-order valence-corrected chi connectivity index (χ0v) is 24.8. The first-order valence-electron chi connectivity index (χ1n) is 12.9. The lowest BCUT2D eigenvalue weighted by molar-refractivity contribution is -0.113. The van der Waals surface area contributed by atoms with Gasteiger partial charge in [-0.25, -0.2) is 4.99 Å². The lowest BCUT2D eigenvalue weighted by atomic mass is 9.95. The Morgan fingerprint density at radius 3 is 2.62 bits per heavy atom. The molecule has 1 amide bonds. The number of rotatable bonds is 6. The van der Waals surface area contributed by atoms with Crippen molar-refractivity contribution in [1.29, 1.82) is 0 Å². The van der Waals surface area contributed by atoms with E-state index in [1.807, 2.05) is 42.5 Å². The number of allylic oxidation sites excluding steroid dienone is 1. The van der Waals surface area contributed by atoms with E-state index < -0.39 is 6.04 Å². The van der Waals surface area contributed by atoms with Crippen LogP contribution in [-0.2, 0) is 4.79 Å². The van der Waals surface area contributed by atoms with Crippen molar-refractivity contribution in [2.75, 3.05) is 12.4 Å². The number of nitrogens with one attached hydrogen (secondary N) is 1. The van der Waals surface area contributed by atoms with Gasteiger partial charge in [0.2, 0.25) is 0 Å². The van der Waals surface area contributed by atoms with Crippen LogP contribution in [0.3, 0.4) is 0 Å². The maximum absolute atomic E-state index is 14.0. The van der Waals surface area contributed by atoms with Crippen molar-refractivity contribution >= 4 is 52.2 Å². The van der Waals surface area contributed by atoms with Crippen LogP contribution in [0.1, 0.15) is 24.3 Å². The summed E-state index contributed by atoms with van der Waals surface area (Å²) in [6, 6.07) is 24.5. The second-order valence-corrected chi connectivity index (χ2v) is 11.4. The highest BCUT2D eigenvalue weighted by Crippen LogP contribution is 2.33. The van der Waals surface area contributed by atoms with E-state index in [0.717, 1.165) is 0 Å². The molecule has 0 spiro atoms. The molecule has 6 rings (SSSR count). The number of furan rings is 1. The van der Waals surface area contributed by atoms with Crippen LogP contribution in [0.4, 0.5) is 5.69 Å². The molecule has 0 radical (unpaired) electrons. The fourth-order valence-electron chi connectivity index (χ4n) is 4.85. The third-order valence-electron chi connectivity index (χ3n) is 6.80. The highest BCUT2D eigenvalue weighted by molar-refractivity contribution is 7.07. The van der Waals surface area contributed by atoms with Crippen LogP contribution in [0.15, 0.2) is 110 Å². The van der Waals surface area contributed by atoms with Crippen LogP contribution in [0, 0.1) is 0 Å². The number of fused-ring (bicyclic) bond motifs is 1. The molecule has 1 N–H and O–H groups in total. The number of carbonyl (C=O) groups is 1. The largest absolute Gasteiger partial charge is 0.497 e. The minimum atomic E-state index is -0.734. The number of halogens is 2. The molecule has 0 saturated carbocycles. The fraction of sp³-hybridized carbons (Fsp3) is 0.0938. The molecule has 0 bridgehead atoms. The third kappa shape index (κ3) is 5.32. The first-order valence-corrected chi connectivity index (χ1v) is 14.5. The molecule has 42 heavy (non-hydrogen) atoms. The number of nitrogens with zero attached hydrogens (tertiary/aromatic N) is 2. The monoisotopic (exact) mass is 615 g/mol. The van der Waals surface area contributed by atoms with Crippen molar-refractivity contribution in [2.45, 2.75) is 13.0 Å². The number of benzene rings is 3. The molecule has 0 saturated heterocycles. The van der Waals surface area contributed by atoms with Crippen molar-refractivity contribution in [2.24, 2.45) is 4.99 Å². The number of methoxy groups -OCH3 is 1. The molecule has 0 aliphatic carbocycles. The van der Waals surface area contributed by atoms with Gasteiger partial charge in [-0.05, 0) is 67.1 Å². The van der Waals surface area contributed by atoms with Crippen LogP contribution in [-0.4, -0.2) is 17.6 Å². The van der Waals surface area contributed by atoms with Gasteiger partial charge in [-0.3, -0.25) is 14.2 Å². The van der Waals surface area contributed by atoms with Gasteiger partial charge in [-0.2, -0.15) is 0 Å². The van der Waals surface area contributed by atoms with Gasteiger partial charge in [0, 0.05) is 22.3 Å². The second kappa shape index (κ2) is 11.5. The quantitative estimate of drug-likeness (QED) is 0.238. The summed E-state index contributed by atoms with van der Waals surface area (Å²) >= 11 is 13.6. The predicted molar refractivity (Wildman–Crippen MR) is 166 cm³/mol. The molecule has 1 aliphatic rings. The highest BCUT2D eigenvalue weighted by atomic mass is 35.5. The topological polar surface area (TPSA) is 85.8 Å². The Bertz CT molecular complexity index is 2040. The van der Waals surface area contributed by atoms with E-state index in [1.54, 1.807) is 67.1 Å². The molecule has 210 valence electrons. The van der Waals surface area contributed by atoms with Gasteiger partial charge >= 0.3 is 0 Å². The molecule has 7 nitrogen and oxygen atoms in total. The molecule has 10 heteroatoms. The number of aromatic nitrogens is 1. The van der Waals surface area contributed by atoms with Crippen LogP contribution in [0.25, 0.3) is 17.4 Å². The van der Waals surface area contributed by atoms with E-state index in [9.17, 15) is 9.59 Å². The molecule has 1 unspecified atom stereocenters. The smallest absolute Gasteiger partial charge is 0.271 e. The summed E-state index contributed by atoms with van der Waals surface area (Å²) in [5.74, 6) is 1.27. The van der Waals surface area contributed by atoms with Crippen molar-refractivity contribution in [1.82, 2.24) is 4.57 Å². The molecular formula is C32H23Cl2N3O4S. The average molecular weight is 617 g/mol. The van der Waals surface area contributed by atoms with Crippen molar-refractivity contribution in [3.05, 3.63) is 137 Å². The van der Waals surface area contributed by atoms with Gasteiger partial charge in [0.05, 0.1) is 34.0 Å². The Labute approximate surface area is 254 Å². The van der Waals surface area contributed by atoms with E-state index >= 15 is 0 Å². The minimum absolute atomic E-state index is 0.299.